The van der Waals surface area contributed by atoms with Crippen LogP contribution in [0.5, 0.6) is 0 Å². The van der Waals surface area contributed by atoms with Gasteiger partial charge in [-0.3, -0.25) is 0 Å². The van der Waals surface area contributed by atoms with Crippen LogP contribution in [0.2, 0.25) is 13.1 Å². The van der Waals surface area contributed by atoms with Gasteiger partial charge in [-0.05, 0) is 30.3 Å². The third kappa shape index (κ3) is 4.44. The van der Waals surface area contributed by atoms with Gasteiger partial charge in [-0.1, -0.05) is 56.6 Å². The quantitative estimate of drug-likeness (QED) is 0.0861. The zero-order valence-electron chi connectivity index (χ0n) is 20.3. The molecule has 0 N–H and O–H groups in total. The van der Waals surface area contributed by atoms with Gasteiger partial charge in [0.2, 0.25) is 0 Å². The lowest BCUT2D eigenvalue weighted by atomic mass is 10.2. The zero-order valence-corrected chi connectivity index (χ0v) is 22.1. The Morgan fingerprint density at radius 3 is 1.64 bits per heavy atom. The molecule has 4 aromatic rings. The van der Waals surface area contributed by atoms with Gasteiger partial charge in [0, 0.05) is 22.3 Å². The Morgan fingerprint density at radius 2 is 1.06 bits per heavy atom. The summed E-state index contributed by atoms with van der Waals surface area (Å²) in [5.74, 6) is -9.53. The van der Waals surface area contributed by atoms with Crippen molar-refractivity contribution in [3.63, 3.8) is 0 Å². The van der Waals surface area contributed by atoms with E-state index < -0.39 is 42.3 Å². The van der Waals surface area contributed by atoms with Crippen molar-refractivity contribution >= 4 is 46.4 Å². The van der Waals surface area contributed by atoms with Crippen molar-refractivity contribution in [2.45, 2.75) is 18.0 Å². The lowest BCUT2D eigenvalue weighted by molar-refractivity contribution is 0.384. The standard InChI is InChI=1S/C28H25F5NSSi/c1-35(2)21-16-10-8-14-19(21)34(18-12-6-5-7-13-18)20-15-9-11-17-22(20)36(3,4)28-26(32)24(30)23(29)25(31)27(28)33/h5-17H,1-4H3. The van der Waals surface area contributed by atoms with Crippen LogP contribution in [0.15, 0.2) is 83.8 Å². The third-order valence-electron chi connectivity index (χ3n) is 6.21. The molecule has 0 saturated heterocycles. The van der Waals surface area contributed by atoms with Crippen LogP contribution in [0.3, 0.4) is 0 Å². The van der Waals surface area contributed by atoms with Crippen LogP contribution in [-0.4, -0.2) is 20.6 Å². The first-order valence-electron chi connectivity index (χ1n) is 11.2. The monoisotopic (exact) mass is 530 g/mol. The molecule has 0 amide bonds. The van der Waals surface area contributed by atoms with Crippen molar-refractivity contribution in [2.24, 2.45) is 0 Å². The number of para-hydroxylation sites is 3. The average Bonchev–Trinajstić information content (AvgIpc) is 2.87. The Kier molecular flexibility index (Phi) is 7.29. The van der Waals surface area contributed by atoms with Crippen LogP contribution in [0, 0.1) is 29.1 Å². The topological polar surface area (TPSA) is 3.24 Å². The molecule has 0 spiro atoms. The molecule has 0 aliphatic heterocycles. The minimum atomic E-state index is -3.48. The summed E-state index contributed by atoms with van der Waals surface area (Å²) < 4.78 is 72.4. The Labute approximate surface area is 211 Å². The van der Waals surface area contributed by atoms with E-state index in [4.69, 9.17) is 0 Å². The normalized spacial score (nSPS) is 11.7. The van der Waals surface area contributed by atoms with Gasteiger partial charge in [0.1, 0.15) is 29.8 Å². The zero-order chi connectivity index (χ0) is 26.2. The van der Waals surface area contributed by atoms with E-state index in [0.717, 1.165) is 16.3 Å². The first-order chi connectivity index (χ1) is 17.1. The van der Waals surface area contributed by atoms with Crippen molar-refractivity contribution in [3.8, 4) is 0 Å². The molecule has 0 bridgehead atoms. The van der Waals surface area contributed by atoms with Crippen LogP contribution >= 0.6 is 0 Å². The number of benzene rings is 4. The number of nitrogens with zero attached hydrogens (tertiary/aromatic N) is 1. The lowest BCUT2D eigenvalue weighted by Gasteiger charge is -2.41. The number of hydrogen-bond acceptors (Lipinski definition) is 1. The minimum absolute atomic E-state index is 0.130. The van der Waals surface area contributed by atoms with Gasteiger partial charge in [-0.2, -0.15) is 18.3 Å². The van der Waals surface area contributed by atoms with E-state index in [0.29, 0.717) is 10.9 Å². The summed E-state index contributed by atoms with van der Waals surface area (Å²) in [6, 6.07) is 24.4. The summed E-state index contributed by atoms with van der Waals surface area (Å²) in [6.45, 7) is 3.20. The molecular weight excluding hydrogens is 505 g/mol. The maximum atomic E-state index is 15.0. The number of anilines is 3. The van der Waals surface area contributed by atoms with E-state index in [2.05, 4.69) is 12.5 Å². The van der Waals surface area contributed by atoms with E-state index in [1.54, 1.807) is 31.3 Å². The molecule has 36 heavy (non-hydrogen) atoms. The predicted octanol–water partition coefficient (Wildman–Crippen LogP) is 6.91. The molecule has 4 aromatic carbocycles. The van der Waals surface area contributed by atoms with Gasteiger partial charge < -0.3 is 4.90 Å². The van der Waals surface area contributed by atoms with Gasteiger partial charge in [-0.25, -0.2) is 22.0 Å². The van der Waals surface area contributed by atoms with Crippen molar-refractivity contribution in [2.75, 3.05) is 17.4 Å². The smallest absolute Gasteiger partial charge is 0.200 e. The van der Waals surface area contributed by atoms with Gasteiger partial charge in [0.15, 0.2) is 22.3 Å². The molecule has 0 heterocycles. The fourth-order valence-electron chi connectivity index (χ4n) is 4.46. The van der Waals surface area contributed by atoms with Crippen LogP contribution in [0.25, 0.3) is 0 Å². The maximum absolute atomic E-state index is 15.0. The predicted molar refractivity (Wildman–Crippen MR) is 142 cm³/mol. The molecular formula is C28H25F5NSSi. The molecule has 0 radical (unpaired) electrons. The molecule has 4 rings (SSSR count). The summed E-state index contributed by atoms with van der Waals surface area (Å²) in [4.78, 5) is 3.07. The number of rotatable bonds is 6. The van der Waals surface area contributed by atoms with Gasteiger partial charge in [-0.15, -0.1) is 5.19 Å². The van der Waals surface area contributed by atoms with Crippen LogP contribution in [0.4, 0.5) is 39.0 Å². The molecule has 0 unspecified atom stereocenters. The molecule has 0 fully saturated rings. The Morgan fingerprint density at radius 1 is 0.583 bits per heavy atom. The van der Waals surface area contributed by atoms with Crippen LogP contribution in [0.1, 0.15) is 0 Å². The fraction of sp³-hybridized carbons (Fsp3) is 0.143. The molecule has 1 nitrogen and oxygen atoms in total. The van der Waals surface area contributed by atoms with Crippen molar-refractivity contribution in [1.82, 2.24) is 0 Å². The first kappa shape index (κ1) is 26.0. The van der Waals surface area contributed by atoms with Gasteiger partial charge in [0.25, 0.3) is 0 Å². The summed E-state index contributed by atoms with van der Waals surface area (Å²) in [5.41, 5.74) is 2.32. The molecule has 187 valence electrons. The summed E-state index contributed by atoms with van der Waals surface area (Å²) in [5, 5.41) is -0.197. The SMILES string of the molecule is C[S+](C)c1ccccc1N(c1ccccc1)c1ccccc1[Si-](C)(C)c1c(F)c(F)c(F)c(F)c1F. The number of halogens is 5. The second-order valence-electron chi connectivity index (χ2n) is 9.04. The third-order valence-corrected chi connectivity index (χ3v) is 10.9. The highest BCUT2D eigenvalue weighted by molar-refractivity contribution is 7.95. The lowest BCUT2D eigenvalue weighted by Crippen LogP contribution is -2.57. The van der Waals surface area contributed by atoms with E-state index in [9.17, 15) is 13.2 Å². The number of hydrogen-bond donors (Lipinski definition) is 0. The second kappa shape index (κ2) is 10.1. The molecule has 0 aromatic heterocycles. The van der Waals surface area contributed by atoms with Crippen LogP contribution < -0.4 is 15.3 Å². The summed E-state index contributed by atoms with van der Waals surface area (Å²) in [7, 11) is -3.61. The highest BCUT2D eigenvalue weighted by atomic mass is 32.2. The largest absolute Gasteiger partial charge is 0.309 e. The molecule has 0 atom stereocenters. The van der Waals surface area contributed by atoms with E-state index in [1.807, 2.05) is 65.6 Å². The molecule has 0 aliphatic rings. The molecule has 0 aliphatic carbocycles. The Hall–Kier alpha value is -3.10. The second-order valence-corrected chi connectivity index (χ2v) is 15.4. The van der Waals surface area contributed by atoms with Crippen molar-refractivity contribution in [1.29, 1.82) is 0 Å². The van der Waals surface area contributed by atoms with Gasteiger partial charge >= 0.3 is 0 Å². The van der Waals surface area contributed by atoms with Crippen LogP contribution in [-0.2, 0) is 10.9 Å². The summed E-state index contributed by atoms with van der Waals surface area (Å²) >= 11 is 0. The average molecular weight is 531 g/mol. The molecule has 0 saturated carbocycles. The highest BCUT2D eigenvalue weighted by Crippen LogP contribution is 2.38. The van der Waals surface area contributed by atoms with E-state index >= 15 is 8.78 Å². The summed E-state index contributed by atoms with van der Waals surface area (Å²) in [6.07, 6.45) is 4.20. The van der Waals surface area contributed by atoms with Crippen molar-refractivity contribution in [3.05, 3.63) is 108 Å². The van der Waals surface area contributed by atoms with Crippen molar-refractivity contribution < 1.29 is 22.0 Å². The highest BCUT2D eigenvalue weighted by Gasteiger charge is 2.32. The van der Waals surface area contributed by atoms with E-state index in [-0.39, 0.29) is 10.9 Å². The Balaban J connectivity index is 2.04. The Bertz CT molecular complexity index is 1380. The maximum Gasteiger partial charge on any atom is 0.200 e. The van der Waals surface area contributed by atoms with Gasteiger partial charge in [0.05, 0.1) is 0 Å². The minimum Gasteiger partial charge on any atom is -0.309 e. The van der Waals surface area contributed by atoms with E-state index in [1.165, 1.54) is 0 Å². The first-order valence-corrected chi connectivity index (χ1v) is 16.2. The fourth-order valence-corrected chi connectivity index (χ4v) is 8.32. The molecule has 8 heteroatoms.